The summed E-state index contributed by atoms with van der Waals surface area (Å²) in [6, 6.07) is 0. The van der Waals surface area contributed by atoms with Gasteiger partial charge in [0.15, 0.2) is 36.1 Å². The number of hydrogen-bond donors (Lipinski definition) is 9. The second-order valence-electron chi connectivity index (χ2n) is 18.4. The van der Waals surface area contributed by atoms with E-state index in [1.807, 2.05) is 19.3 Å². The van der Waals surface area contributed by atoms with Crippen LogP contribution in [-0.2, 0) is 28.6 Å². The van der Waals surface area contributed by atoms with E-state index >= 15 is 0 Å². The van der Waals surface area contributed by atoms with Crippen molar-refractivity contribution in [3.63, 3.8) is 0 Å². The van der Waals surface area contributed by atoms with Crippen LogP contribution in [0, 0.1) is 42.1 Å². The number of rotatable bonds is 19. The third-order valence-corrected chi connectivity index (χ3v) is 14.5. The number of carboxylic acids is 1. The second-order valence-corrected chi connectivity index (χ2v) is 18.4. The SMILES string of the molecule is CNCC[C@H](CC=CC1CCCCC1)[C@H](CNC[C@@]1(O)[C@H](OC2CCC3C(C2)OC(C(N)=O)C(C2CCC(O)CC2)C3O)O[C@H](C(=O)O)[C@@H](O)[C@@]1(O)C=O)CC1=C[CH+]N=C1. The number of nitrogens with two attached hydrogens (primary N) is 1. The monoisotopic (exact) mass is 845 g/mol. The maximum atomic E-state index is 12.8. The summed E-state index contributed by atoms with van der Waals surface area (Å²) in [6.07, 6.45) is 9.65. The topological polar surface area (TPSA) is 263 Å². The maximum Gasteiger partial charge on any atom is 0.335 e. The number of aliphatic hydroxyl groups is 5. The number of ether oxygens (including phenoxy) is 3. The average Bonchev–Trinajstić information content (AvgIpc) is 3.76. The van der Waals surface area contributed by atoms with Crippen LogP contribution in [0.2, 0.25) is 0 Å². The zero-order valence-corrected chi connectivity index (χ0v) is 34.9. The summed E-state index contributed by atoms with van der Waals surface area (Å²) < 4.78 is 18.4. The van der Waals surface area contributed by atoms with Gasteiger partial charge in [-0.1, -0.05) is 31.4 Å². The number of hydrogen-bond acceptors (Lipinski definition) is 14. The first-order valence-corrected chi connectivity index (χ1v) is 22.3. The molecule has 16 nitrogen and oxygen atoms in total. The number of carbonyl (C=O) groups is 3. The lowest BCUT2D eigenvalue weighted by molar-refractivity contribution is -0.363. The highest BCUT2D eigenvalue weighted by Gasteiger charge is 2.67. The highest BCUT2D eigenvalue weighted by molar-refractivity contribution is 5.82. The normalized spacial score (nSPS) is 39.7. The molecule has 2 saturated heterocycles. The van der Waals surface area contributed by atoms with Crippen LogP contribution in [0.15, 0.2) is 28.8 Å². The number of nitrogens with one attached hydrogen (secondary N) is 2. The molecule has 0 bridgehead atoms. The smallest absolute Gasteiger partial charge is 0.335 e. The molecule has 16 heteroatoms. The summed E-state index contributed by atoms with van der Waals surface area (Å²) in [4.78, 5) is 42.1. The molecule has 3 aliphatic heterocycles. The molecule has 13 atom stereocenters. The van der Waals surface area contributed by atoms with Crippen LogP contribution in [0.4, 0.5) is 0 Å². The van der Waals surface area contributed by atoms with Gasteiger partial charge in [-0.3, -0.25) is 9.59 Å². The molecule has 3 aliphatic carbocycles. The first kappa shape index (κ1) is 46.7. The Balaban J connectivity index is 1.19. The van der Waals surface area contributed by atoms with Gasteiger partial charge in [0.05, 0.1) is 30.5 Å². The molecule has 60 heavy (non-hydrogen) atoms. The van der Waals surface area contributed by atoms with E-state index in [0.29, 0.717) is 57.4 Å². The van der Waals surface area contributed by atoms with Gasteiger partial charge in [0.1, 0.15) is 24.3 Å². The zero-order chi connectivity index (χ0) is 43.0. The lowest BCUT2D eigenvalue weighted by atomic mass is 9.66. The summed E-state index contributed by atoms with van der Waals surface area (Å²) >= 11 is 0. The van der Waals surface area contributed by atoms with E-state index < -0.39 is 84.6 Å². The van der Waals surface area contributed by atoms with Gasteiger partial charge in [0.2, 0.25) is 5.91 Å². The van der Waals surface area contributed by atoms with Gasteiger partial charge in [-0.2, -0.15) is 0 Å². The molecule has 0 aromatic heterocycles. The van der Waals surface area contributed by atoms with Gasteiger partial charge in [0, 0.05) is 31.2 Å². The molecule has 0 radical (unpaired) electrons. The van der Waals surface area contributed by atoms with E-state index in [0.717, 1.165) is 25.0 Å². The molecule has 336 valence electrons. The van der Waals surface area contributed by atoms with Crippen molar-refractivity contribution in [2.75, 3.05) is 26.7 Å². The Kier molecular flexibility index (Phi) is 16.4. The number of allylic oxidation sites excluding steroid dienone is 3. The van der Waals surface area contributed by atoms with Crippen LogP contribution in [0.5, 0.6) is 0 Å². The van der Waals surface area contributed by atoms with Crippen LogP contribution in [0.1, 0.15) is 96.3 Å². The maximum absolute atomic E-state index is 12.8. The highest BCUT2D eigenvalue weighted by atomic mass is 16.7. The highest BCUT2D eigenvalue weighted by Crippen LogP contribution is 2.47. The molecule has 6 unspecified atom stereocenters. The predicted molar refractivity (Wildman–Crippen MR) is 220 cm³/mol. The minimum Gasteiger partial charge on any atom is -0.479 e. The summed E-state index contributed by atoms with van der Waals surface area (Å²) in [5, 5.41) is 73.7. The summed E-state index contributed by atoms with van der Waals surface area (Å²) in [5.41, 5.74) is 1.16. The summed E-state index contributed by atoms with van der Waals surface area (Å²) in [6.45, 7) is 2.31. The van der Waals surface area contributed by atoms with Crippen molar-refractivity contribution < 1.29 is 59.2 Å². The van der Waals surface area contributed by atoms with Crippen molar-refractivity contribution in [2.24, 2.45) is 46.2 Å². The first-order chi connectivity index (χ1) is 28.8. The Labute approximate surface area is 353 Å². The number of carboxylic acid groups (broad SMARTS) is 1. The molecule has 0 spiro atoms. The van der Waals surface area contributed by atoms with E-state index in [1.54, 1.807) is 6.54 Å². The molecular formula is C44H69N4O12+. The fourth-order valence-corrected chi connectivity index (χ4v) is 11.0. The fraction of sp³-hybridized carbons (Fsp3) is 0.795. The molecule has 10 N–H and O–H groups in total. The second kappa shape index (κ2) is 21.1. The molecule has 6 aliphatic rings. The molecule has 0 aromatic carbocycles. The lowest BCUT2D eigenvalue weighted by Gasteiger charge is -2.54. The molecule has 3 saturated carbocycles. The first-order valence-electron chi connectivity index (χ1n) is 22.3. The average molecular weight is 846 g/mol. The van der Waals surface area contributed by atoms with E-state index in [1.165, 1.54) is 32.1 Å². The lowest BCUT2D eigenvalue weighted by Crippen LogP contribution is -2.79. The molecule has 3 heterocycles. The fourth-order valence-electron chi connectivity index (χ4n) is 11.0. The van der Waals surface area contributed by atoms with Gasteiger partial charge in [-0.15, -0.1) is 4.99 Å². The van der Waals surface area contributed by atoms with Crippen LogP contribution in [0.25, 0.3) is 0 Å². The Morgan fingerprint density at radius 1 is 1.03 bits per heavy atom. The largest absolute Gasteiger partial charge is 0.479 e. The summed E-state index contributed by atoms with van der Waals surface area (Å²) in [7, 11) is 1.91. The van der Waals surface area contributed by atoms with Crippen LogP contribution in [0.3, 0.4) is 0 Å². The van der Waals surface area contributed by atoms with Crippen LogP contribution in [-0.4, -0.2) is 142 Å². The number of nitrogens with zero attached hydrogens (tertiary/aromatic N) is 1. The van der Waals surface area contributed by atoms with E-state index in [2.05, 4.69) is 27.8 Å². The summed E-state index contributed by atoms with van der Waals surface area (Å²) in [5.74, 6) is -2.61. The number of carbonyl (C=O) groups excluding carboxylic acids is 2. The van der Waals surface area contributed by atoms with Crippen molar-refractivity contribution in [1.29, 1.82) is 0 Å². The molecule has 6 rings (SSSR count). The van der Waals surface area contributed by atoms with Crippen molar-refractivity contribution in [2.45, 2.75) is 157 Å². The Morgan fingerprint density at radius 2 is 1.78 bits per heavy atom. The number of primary amides is 1. The van der Waals surface area contributed by atoms with Gasteiger partial charge < -0.3 is 61.2 Å². The zero-order valence-electron chi connectivity index (χ0n) is 34.9. The molecular weight excluding hydrogens is 777 g/mol. The van der Waals surface area contributed by atoms with Crippen molar-refractivity contribution in [3.05, 3.63) is 30.3 Å². The van der Waals surface area contributed by atoms with Gasteiger partial charge >= 0.3 is 5.97 Å². The van der Waals surface area contributed by atoms with E-state index in [4.69, 9.17) is 19.9 Å². The number of amides is 1. The minimum atomic E-state index is -3.03. The predicted octanol–water partition coefficient (Wildman–Crippen LogP) is 1.30. The molecule has 5 fully saturated rings. The van der Waals surface area contributed by atoms with Gasteiger partial charge in [-0.05, 0) is 108 Å². The van der Waals surface area contributed by atoms with Crippen molar-refractivity contribution in [1.82, 2.24) is 10.6 Å². The van der Waals surface area contributed by atoms with Gasteiger partial charge in [0.25, 0.3) is 0 Å². The molecule has 0 aromatic rings. The minimum absolute atomic E-state index is 0.00194. The van der Waals surface area contributed by atoms with Crippen LogP contribution >= 0.6 is 0 Å². The molecule has 1 amide bonds. The van der Waals surface area contributed by atoms with Crippen molar-refractivity contribution in [3.8, 4) is 0 Å². The number of aliphatic hydroxyl groups excluding tert-OH is 3. The van der Waals surface area contributed by atoms with Crippen molar-refractivity contribution >= 4 is 24.4 Å². The number of fused-ring (bicyclic) bond motifs is 1. The standard InChI is InChI=1S/C44H68N4O12/c1-46-18-17-28(9-5-8-26-6-3-2-4-7-26)30(20-27-16-19-47-22-27)23-48-24-43(56)42(60-38(41(54)55)39(52)44(43,57)25-49)58-32-14-15-33-34(21-32)59-37(40(45)53)35(36(33)51)29-10-12-31(50)13-11-29/h5,8,16,19,22,25-26,28-39,42,46,48,50-52,56-57H,2-4,6-7,9-15,17-18,20-21,23-24H2,1H3,(H2-,45,53,54,55)/p+1/t28-,29?,30-,31?,32?,33?,34?,35?,36?,37?,38-,39+,42+,43+,44-/m0/s1. The number of aldehydes is 1. The van der Waals surface area contributed by atoms with E-state index in [9.17, 15) is 45.0 Å². The Bertz CT molecular complexity index is 1530. The third-order valence-electron chi connectivity index (χ3n) is 14.5. The quantitative estimate of drug-likeness (QED) is 0.0505. The Hall–Kier alpha value is -2.77. The van der Waals surface area contributed by atoms with E-state index in [-0.39, 0.29) is 36.4 Å². The number of aliphatic carboxylic acids is 1. The van der Waals surface area contributed by atoms with Crippen LogP contribution < -0.4 is 16.4 Å². The number of aliphatic imine (C=N–C) groups is 1. The third kappa shape index (κ3) is 10.5. The Morgan fingerprint density at radius 3 is 2.43 bits per heavy atom. The van der Waals surface area contributed by atoms with Gasteiger partial charge in [-0.25, -0.2) is 4.79 Å².